The summed E-state index contributed by atoms with van der Waals surface area (Å²) < 4.78 is 0. The molecule has 0 atom stereocenters. The van der Waals surface area contributed by atoms with E-state index in [2.05, 4.69) is 25.8 Å². The monoisotopic (exact) mass is 259 g/mol. The minimum atomic E-state index is -0.403. The van der Waals surface area contributed by atoms with Crippen molar-refractivity contribution in [2.24, 2.45) is 4.99 Å². The molecule has 0 unspecified atom stereocenters. The Labute approximate surface area is 114 Å². The highest BCUT2D eigenvalue weighted by atomic mass is 16.3. The molecule has 19 heavy (non-hydrogen) atoms. The second kappa shape index (κ2) is 4.50. The Morgan fingerprint density at radius 1 is 1.32 bits per heavy atom. The topological polar surface area (TPSA) is 49.7 Å². The van der Waals surface area contributed by atoms with Gasteiger partial charge in [0.2, 0.25) is 6.08 Å². The smallest absolute Gasteiger partial charge is 0.235 e. The molecule has 0 radical (unpaired) electrons. The van der Waals surface area contributed by atoms with Gasteiger partial charge in [-0.2, -0.15) is 4.99 Å². The van der Waals surface area contributed by atoms with Crippen molar-refractivity contribution in [3.63, 3.8) is 0 Å². The average Bonchev–Trinajstić information content (AvgIpc) is 2.22. The van der Waals surface area contributed by atoms with Crippen molar-refractivity contribution in [3.05, 3.63) is 28.8 Å². The van der Waals surface area contributed by atoms with Gasteiger partial charge in [0.15, 0.2) is 0 Å². The van der Waals surface area contributed by atoms with Crippen molar-refractivity contribution >= 4 is 6.08 Å². The minimum Gasteiger partial charge on any atom is -0.508 e. The average molecular weight is 259 g/mol. The van der Waals surface area contributed by atoms with E-state index in [1.54, 1.807) is 12.1 Å². The van der Waals surface area contributed by atoms with Gasteiger partial charge in [-0.25, -0.2) is 4.79 Å². The Balaban J connectivity index is 2.61. The first-order chi connectivity index (χ1) is 8.80. The van der Waals surface area contributed by atoms with Gasteiger partial charge in [0.05, 0.1) is 5.54 Å². The Hall–Kier alpha value is -1.60. The molecular weight excluding hydrogens is 238 g/mol. The lowest BCUT2D eigenvalue weighted by atomic mass is 9.69. The van der Waals surface area contributed by atoms with Gasteiger partial charge in [-0.05, 0) is 60.4 Å². The summed E-state index contributed by atoms with van der Waals surface area (Å²) >= 11 is 0. The highest BCUT2D eigenvalue weighted by molar-refractivity contribution is 5.49. The van der Waals surface area contributed by atoms with Crippen molar-refractivity contribution in [3.8, 4) is 5.75 Å². The summed E-state index contributed by atoms with van der Waals surface area (Å²) in [6.45, 7) is 8.16. The van der Waals surface area contributed by atoms with Crippen molar-refractivity contribution in [2.45, 2.75) is 57.9 Å². The zero-order valence-corrected chi connectivity index (χ0v) is 12.1. The molecule has 2 rings (SSSR count). The van der Waals surface area contributed by atoms with Crippen LogP contribution in [0.5, 0.6) is 5.75 Å². The number of aromatic hydroxyl groups is 1. The molecule has 3 heteroatoms. The molecule has 1 aromatic rings. The number of isocyanates is 1. The largest absolute Gasteiger partial charge is 0.508 e. The Morgan fingerprint density at radius 2 is 1.95 bits per heavy atom. The molecular formula is C16H21NO2. The number of carbonyl (C=O) groups excluding carboxylic acids is 1. The Bertz CT molecular complexity index is 545. The lowest BCUT2D eigenvalue weighted by Gasteiger charge is -2.39. The zero-order valence-electron chi connectivity index (χ0n) is 12.1. The van der Waals surface area contributed by atoms with E-state index in [4.69, 9.17) is 0 Å². The lowest BCUT2D eigenvalue weighted by molar-refractivity contribution is 0.254. The summed E-state index contributed by atoms with van der Waals surface area (Å²) in [4.78, 5) is 14.8. The van der Waals surface area contributed by atoms with Crippen LogP contribution >= 0.6 is 0 Å². The predicted octanol–water partition coefficient (Wildman–Crippen LogP) is 3.71. The third-order valence-corrected chi connectivity index (χ3v) is 4.09. The summed E-state index contributed by atoms with van der Waals surface area (Å²) in [5.41, 5.74) is 2.41. The third kappa shape index (κ3) is 2.31. The lowest BCUT2D eigenvalue weighted by Crippen LogP contribution is -2.33. The second-order valence-corrected chi connectivity index (χ2v) is 6.52. The highest BCUT2D eigenvalue weighted by Gasteiger charge is 2.40. The number of aliphatic imine (C=N–C) groups is 1. The first kappa shape index (κ1) is 13.8. The van der Waals surface area contributed by atoms with Gasteiger partial charge in [-0.15, -0.1) is 0 Å². The standard InChI is InChI=1S/C16H21NO2/c1-11-8-14(19)13(15(2,3)4)9-12(11)16(17-10-18)6-5-7-16/h8-9,19H,5-7H2,1-4H3. The van der Waals surface area contributed by atoms with E-state index in [-0.39, 0.29) is 5.41 Å². The van der Waals surface area contributed by atoms with Crippen molar-refractivity contribution in [1.82, 2.24) is 0 Å². The normalized spacial score (nSPS) is 17.5. The number of aryl methyl sites for hydroxylation is 1. The van der Waals surface area contributed by atoms with Gasteiger partial charge < -0.3 is 5.11 Å². The fraction of sp³-hybridized carbons (Fsp3) is 0.562. The van der Waals surface area contributed by atoms with E-state index < -0.39 is 5.54 Å². The molecule has 1 aliphatic rings. The number of benzene rings is 1. The Morgan fingerprint density at radius 3 is 2.37 bits per heavy atom. The number of nitrogens with zero attached hydrogens (tertiary/aromatic N) is 1. The van der Waals surface area contributed by atoms with Crippen LogP contribution in [-0.4, -0.2) is 11.2 Å². The van der Waals surface area contributed by atoms with E-state index in [1.165, 1.54) is 0 Å². The molecule has 0 saturated heterocycles. The van der Waals surface area contributed by atoms with Crippen molar-refractivity contribution in [1.29, 1.82) is 0 Å². The molecule has 1 fully saturated rings. The molecule has 0 aliphatic heterocycles. The van der Waals surface area contributed by atoms with E-state index >= 15 is 0 Å². The predicted molar refractivity (Wildman–Crippen MR) is 75.2 cm³/mol. The van der Waals surface area contributed by atoms with Gasteiger partial charge in [0, 0.05) is 0 Å². The Kier molecular flexibility index (Phi) is 3.27. The molecule has 1 aromatic carbocycles. The summed E-state index contributed by atoms with van der Waals surface area (Å²) in [6.07, 6.45) is 4.57. The van der Waals surface area contributed by atoms with Gasteiger partial charge in [0.25, 0.3) is 0 Å². The maximum atomic E-state index is 10.7. The SMILES string of the molecule is Cc1cc(O)c(C(C)(C)C)cc1C1(N=C=O)CCC1. The maximum absolute atomic E-state index is 10.7. The number of hydrogen-bond acceptors (Lipinski definition) is 3. The molecule has 0 aromatic heterocycles. The van der Waals surface area contributed by atoms with E-state index in [1.807, 2.05) is 13.0 Å². The van der Waals surface area contributed by atoms with Crippen molar-refractivity contribution in [2.75, 3.05) is 0 Å². The number of hydrogen-bond donors (Lipinski definition) is 1. The first-order valence-corrected chi connectivity index (χ1v) is 6.74. The van der Waals surface area contributed by atoms with Crippen LogP contribution in [0.3, 0.4) is 0 Å². The highest BCUT2D eigenvalue weighted by Crippen LogP contribution is 2.48. The zero-order chi connectivity index (χ0) is 14.3. The van der Waals surface area contributed by atoms with Gasteiger partial charge in [-0.1, -0.05) is 20.8 Å². The molecule has 1 aliphatic carbocycles. The van der Waals surface area contributed by atoms with Crippen molar-refractivity contribution < 1.29 is 9.90 Å². The molecule has 1 N–H and O–H groups in total. The molecule has 3 nitrogen and oxygen atoms in total. The minimum absolute atomic E-state index is 0.137. The summed E-state index contributed by atoms with van der Waals surface area (Å²) in [5, 5.41) is 10.1. The molecule has 0 heterocycles. The molecule has 102 valence electrons. The molecule has 1 saturated carbocycles. The van der Waals surface area contributed by atoms with Crippen LogP contribution in [-0.2, 0) is 15.7 Å². The van der Waals surface area contributed by atoms with Crippen LogP contribution < -0.4 is 0 Å². The van der Waals surface area contributed by atoms with Gasteiger partial charge in [-0.3, -0.25) is 0 Å². The quantitative estimate of drug-likeness (QED) is 0.650. The fourth-order valence-corrected chi connectivity index (χ4v) is 2.84. The van der Waals surface area contributed by atoms with E-state index in [9.17, 15) is 9.90 Å². The number of phenolic OH excluding ortho intramolecular Hbond substituents is 1. The molecule has 0 amide bonds. The molecule has 0 spiro atoms. The van der Waals surface area contributed by atoms with Gasteiger partial charge in [0.1, 0.15) is 5.75 Å². The van der Waals surface area contributed by atoms with Crippen LogP contribution in [0.15, 0.2) is 17.1 Å². The van der Waals surface area contributed by atoms with Crippen LogP contribution in [0, 0.1) is 6.92 Å². The molecule has 0 bridgehead atoms. The second-order valence-electron chi connectivity index (χ2n) is 6.52. The summed E-state index contributed by atoms with van der Waals surface area (Å²) in [5.74, 6) is 0.318. The van der Waals surface area contributed by atoms with Crippen LogP contribution in [0.25, 0.3) is 0 Å². The van der Waals surface area contributed by atoms with E-state index in [0.717, 1.165) is 36.0 Å². The third-order valence-electron chi connectivity index (χ3n) is 4.09. The summed E-state index contributed by atoms with van der Waals surface area (Å²) in [6, 6.07) is 3.81. The van der Waals surface area contributed by atoms with Crippen LogP contribution in [0.1, 0.15) is 56.7 Å². The number of rotatable bonds is 2. The van der Waals surface area contributed by atoms with Crippen LogP contribution in [0.2, 0.25) is 0 Å². The first-order valence-electron chi connectivity index (χ1n) is 6.74. The maximum Gasteiger partial charge on any atom is 0.235 e. The van der Waals surface area contributed by atoms with E-state index in [0.29, 0.717) is 5.75 Å². The van der Waals surface area contributed by atoms with Gasteiger partial charge >= 0.3 is 0 Å². The fourth-order valence-electron chi connectivity index (χ4n) is 2.84. The van der Waals surface area contributed by atoms with Crippen LogP contribution in [0.4, 0.5) is 0 Å². The number of phenols is 1. The summed E-state index contributed by atoms with van der Waals surface area (Å²) in [7, 11) is 0.